The van der Waals surface area contributed by atoms with E-state index in [-0.39, 0.29) is 0 Å². The van der Waals surface area contributed by atoms with Crippen molar-refractivity contribution in [1.82, 2.24) is 5.32 Å². The minimum absolute atomic E-state index is 0.324. The molecule has 0 fully saturated rings. The van der Waals surface area contributed by atoms with Gasteiger partial charge in [0.25, 0.3) is 11.7 Å². The molecule has 0 bridgehead atoms. The summed E-state index contributed by atoms with van der Waals surface area (Å²) in [6, 6.07) is 4.84. The summed E-state index contributed by atoms with van der Waals surface area (Å²) in [5.41, 5.74) is 1.82. The first-order chi connectivity index (χ1) is 9.04. The molecule has 1 aliphatic heterocycles. The van der Waals surface area contributed by atoms with Crippen molar-refractivity contribution in [2.45, 2.75) is 6.92 Å². The molecular formula is C14H15ClN2O2. The van der Waals surface area contributed by atoms with Gasteiger partial charge >= 0.3 is 0 Å². The number of hydrogen-bond acceptors (Lipinski definition) is 3. The zero-order valence-electron chi connectivity index (χ0n) is 10.7. The largest absolute Gasteiger partial charge is 0.313 e. The predicted octanol–water partition coefficient (Wildman–Crippen LogP) is 2.04. The average molecular weight is 279 g/mol. The van der Waals surface area contributed by atoms with Crippen molar-refractivity contribution in [3.63, 3.8) is 0 Å². The molecule has 0 saturated heterocycles. The fourth-order valence-electron chi connectivity index (χ4n) is 2.01. The molecule has 0 unspecified atom stereocenters. The second-order valence-electron chi connectivity index (χ2n) is 4.41. The van der Waals surface area contributed by atoms with Crippen molar-refractivity contribution in [1.29, 1.82) is 0 Å². The van der Waals surface area contributed by atoms with Gasteiger partial charge in [0.05, 0.1) is 11.3 Å². The van der Waals surface area contributed by atoms with E-state index in [0.717, 1.165) is 12.1 Å². The Bertz CT molecular complexity index is 554. The summed E-state index contributed by atoms with van der Waals surface area (Å²) >= 11 is 5.92. The Morgan fingerprint density at radius 3 is 2.84 bits per heavy atom. The predicted molar refractivity (Wildman–Crippen MR) is 75.8 cm³/mol. The Balaban J connectivity index is 2.23. The Labute approximate surface area is 117 Å². The Hall–Kier alpha value is -1.65. The molecule has 1 aromatic rings. The summed E-state index contributed by atoms with van der Waals surface area (Å²) in [7, 11) is 0. The number of halogens is 1. The Morgan fingerprint density at radius 1 is 1.42 bits per heavy atom. The lowest BCUT2D eigenvalue weighted by atomic mass is 10.1. The van der Waals surface area contributed by atoms with Crippen LogP contribution in [-0.2, 0) is 4.79 Å². The lowest BCUT2D eigenvalue weighted by Crippen LogP contribution is -2.33. The van der Waals surface area contributed by atoms with Crippen LogP contribution in [0.2, 0.25) is 5.02 Å². The van der Waals surface area contributed by atoms with Crippen LogP contribution in [0.5, 0.6) is 0 Å². The average Bonchev–Trinajstić information content (AvgIpc) is 2.61. The smallest absolute Gasteiger partial charge is 0.299 e. The third-order valence-electron chi connectivity index (χ3n) is 2.94. The van der Waals surface area contributed by atoms with Crippen LogP contribution in [-0.4, -0.2) is 31.3 Å². The number of fused-ring (bicyclic) bond motifs is 1. The van der Waals surface area contributed by atoms with Crippen molar-refractivity contribution in [2.24, 2.45) is 0 Å². The van der Waals surface area contributed by atoms with Crippen LogP contribution in [0.3, 0.4) is 0 Å². The molecule has 1 N–H and O–H groups in total. The number of rotatable bonds is 5. The third kappa shape index (κ3) is 2.69. The van der Waals surface area contributed by atoms with Crippen LogP contribution in [0, 0.1) is 0 Å². The van der Waals surface area contributed by atoms with Crippen LogP contribution >= 0.6 is 11.6 Å². The maximum Gasteiger partial charge on any atom is 0.299 e. The van der Waals surface area contributed by atoms with Crippen LogP contribution in [0.1, 0.15) is 17.3 Å². The highest BCUT2D eigenvalue weighted by Crippen LogP contribution is 2.31. The number of nitrogens with one attached hydrogen (secondary N) is 1. The number of amides is 1. The monoisotopic (exact) mass is 278 g/mol. The number of carbonyl (C=O) groups excluding carboxylic acids is 2. The van der Waals surface area contributed by atoms with Gasteiger partial charge in [0.2, 0.25) is 0 Å². The lowest BCUT2D eigenvalue weighted by Gasteiger charge is -2.18. The number of nitrogens with zero attached hydrogens (tertiary/aromatic N) is 1. The number of carbonyl (C=O) groups is 2. The maximum absolute atomic E-state index is 12.0. The summed E-state index contributed by atoms with van der Waals surface area (Å²) in [6.45, 7) is 7.67. The summed E-state index contributed by atoms with van der Waals surface area (Å²) in [5.74, 6) is -1.00. The molecule has 1 amide bonds. The van der Waals surface area contributed by atoms with E-state index in [0.29, 0.717) is 29.4 Å². The van der Waals surface area contributed by atoms with Gasteiger partial charge in [0.15, 0.2) is 0 Å². The Morgan fingerprint density at radius 2 is 2.16 bits per heavy atom. The number of likely N-dealkylation sites (N-methyl/N-ethyl adjacent to an activating group) is 1. The lowest BCUT2D eigenvalue weighted by molar-refractivity contribution is -0.114. The van der Waals surface area contributed by atoms with Gasteiger partial charge in [-0.3, -0.25) is 9.59 Å². The van der Waals surface area contributed by atoms with Gasteiger partial charge < -0.3 is 10.2 Å². The van der Waals surface area contributed by atoms with Crippen molar-refractivity contribution in [3.05, 3.63) is 40.9 Å². The topological polar surface area (TPSA) is 49.4 Å². The van der Waals surface area contributed by atoms with Gasteiger partial charge in [-0.05, 0) is 30.3 Å². The fraction of sp³-hybridized carbons (Fsp3) is 0.286. The highest BCUT2D eigenvalue weighted by atomic mass is 35.5. The molecule has 0 aromatic heterocycles. The molecule has 1 aliphatic rings. The second kappa shape index (κ2) is 5.55. The fourth-order valence-corrected chi connectivity index (χ4v) is 2.17. The standard InChI is InChI=1S/C14H15ClN2O2/c1-3-16-7-9(2)8-17-12-6-10(15)4-5-11(12)13(18)14(17)19/h4-6,16H,2-3,7-8H2,1H3. The molecule has 1 heterocycles. The van der Waals surface area contributed by atoms with Crippen molar-refractivity contribution >= 4 is 29.0 Å². The summed E-state index contributed by atoms with van der Waals surface area (Å²) in [6.07, 6.45) is 0. The van der Waals surface area contributed by atoms with Crippen molar-refractivity contribution in [3.8, 4) is 0 Å². The van der Waals surface area contributed by atoms with E-state index < -0.39 is 11.7 Å². The van der Waals surface area contributed by atoms with Gasteiger partial charge in [0, 0.05) is 18.1 Å². The van der Waals surface area contributed by atoms with Gasteiger partial charge in [-0.15, -0.1) is 0 Å². The Kier molecular flexibility index (Phi) is 4.02. The maximum atomic E-state index is 12.0. The normalized spacial score (nSPS) is 13.9. The van der Waals surface area contributed by atoms with E-state index in [2.05, 4.69) is 11.9 Å². The summed E-state index contributed by atoms with van der Waals surface area (Å²) in [4.78, 5) is 25.2. The molecule has 0 aliphatic carbocycles. The number of hydrogen-bond donors (Lipinski definition) is 1. The van der Waals surface area contributed by atoms with Gasteiger partial charge in [0.1, 0.15) is 0 Å². The molecule has 0 spiro atoms. The zero-order chi connectivity index (χ0) is 14.0. The van der Waals surface area contributed by atoms with Gasteiger partial charge in [-0.2, -0.15) is 0 Å². The first kappa shape index (κ1) is 13.8. The van der Waals surface area contributed by atoms with E-state index in [1.165, 1.54) is 4.90 Å². The molecule has 0 saturated carbocycles. The van der Waals surface area contributed by atoms with Crippen LogP contribution in [0.4, 0.5) is 5.69 Å². The zero-order valence-corrected chi connectivity index (χ0v) is 11.5. The van der Waals surface area contributed by atoms with E-state index in [1.54, 1.807) is 18.2 Å². The third-order valence-corrected chi connectivity index (χ3v) is 3.18. The van der Waals surface area contributed by atoms with E-state index in [9.17, 15) is 9.59 Å². The van der Waals surface area contributed by atoms with Crippen LogP contribution in [0.15, 0.2) is 30.4 Å². The number of Topliss-reactive ketones (excluding diaryl/α,β-unsaturated/α-hetero) is 1. The van der Waals surface area contributed by atoms with Crippen molar-refractivity contribution in [2.75, 3.05) is 24.5 Å². The summed E-state index contributed by atoms with van der Waals surface area (Å²) in [5, 5.41) is 3.64. The quantitative estimate of drug-likeness (QED) is 0.662. The van der Waals surface area contributed by atoms with E-state index in [4.69, 9.17) is 11.6 Å². The molecule has 0 radical (unpaired) electrons. The molecule has 4 nitrogen and oxygen atoms in total. The molecule has 1 aromatic carbocycles. The number of ketones is 1. The summed E-state index contributed by atoms with van der Waals surface area (Å²) < 4.78 is 0. The van der Waals surface area contributed by atoms with Gasteiger partial charge in [-0.1, -0.05) is 25.1 Å². The molecular weight excluding hydrogens is 264 g/mol. The number of benzene rings is 1. The minimum atomic E-state index is -0.519. The molecule has 19 heavy (non-hydrogen) atoms. The van der Waals surface area contributed by atoms with Gasteiger partial charge in [-0.25, -0.2) is 0 Å². The van der Waals surface area contributed by atoms with E-state index in [1.807, 2.05) is 6.92 Å². The molecule has 100 valence electrons. The molecule has 0 atom stereocenters. The highest BCUT2D eigenvalue weighted by Gasteiger charge is 2.35. The first-order valence-corrected chi connectivity index (χ1v) is 6.45. The minimum Gasteiger partial charge on any atom is -0.313 e. The SMILES string of the molecule is C=C(CNCC)CN1C(=O)C(=O)c2ccc(Cl)cc21. The first-order valence-electron chi connectivity index (χ1n) is 6.07. The molecule has 2 rings (SSSR count). The van der Waals surface area contributed by atoms with Crippen LogP contribution in [0.25, 0.3) is 0 Å². The molecule has 5 heteroatoms. The highest BCUT2D eigenvalue weighted by molar-refractivity contribution is 6.52. The number of anilines is 1. The second-order valence-corrected chi connectivity index (χ2v) is 4.85. The van der Waals surface area contributed by atoms with Crippen molar-refractivity contribution < 1.29 is 9.59 Å². The van der Waals surface area contributed by atoms with Crippen LogP contribution < -0.4 is 10.2 Å². The van der Waals surface area contributed by atoms with E-state index >= 15 is 0 Å².